The summed E-state index contributed by atoms with van der Waals surface area (Å²) < 4.78 is 0. The molecule has 3 heteroatoms. The Morgan fingerprint density at radius 2 is 2.29 bits per heavy atom. The third kappa shape index (κ3) is 2.97. The molecule has 1 heterocycles. The van der Waals surface area contributed by atoms with Gasteiger partial charge in [0, 0.05) is 6.54 Å². The highest BCUT2D eigenvalue weighted by atomic mass is 16.3. The van der Waals surface area contributed by atoms with Crippen LogP contribution in [0.15, 0.2) is 0 Å². The largest absolute Gasteiger partial charge is 0.389 e. The van der Waals surface area contributed by atoms with Crippen LogP contribution in [0.1, 0.15) is 39.5 Å². The molecule has 1 saturated heterocycles. The lowest BCUT2D eigenvalue weighted by Gasteiger charge is -2.36. The van der Waals surface area contributed by atoms with Crippen molar-refractivity contribution in [2.45, 2.75) is 51.2 Å². The number of likely N-dealkylation sites (tertiary alicyclic amines) is 1. The molecular formula is C11H20N2O. The lowest BCUT2D eigenvalue weighted by molar-refractivity contribution is 0.00232. The first kappa shape index (κ1) is 11.5. The van der Waals surface area contributed by atoms with Crippen LogP contribution >= 0.6 is 0 Å². The molecule has 0 aromatic rings. The van der Waals surface area contributed by atoms with E-state index in [-0.39, 0.29) is 6.04 Å². The third-order valence-electron chi connectivity index (χ3n) is 3.07. The van der Waals surface area contributed by atoms with E-state index in [4.69, 9.17) is 5.26 Å². The zero-order valence-corrected chi connectivity index (χ0v) is 9.16. The molecule has 1 fully saturated rings. The van der Waals surface area contributed by atoms with Crippen molar-refractivity contribution < 1.29 is 5.11 Å². The van der Waals surface area contributed by atoms with E-state index >= 15 is 0 Å². The topological polar surface area (TPSA) is 47.3 Å². The third-order valence-corrected chi connectivity index (χ3v) is 3.07. The van der Waals surface area contributed by atoms with Gasteiger partial charge in [-0.2, -0.15) is 5.26 Å². The minimum Gasteiger partial charge on any atom is -0.389 e. The van der Waals surface area contributed by atoms with Crippen LogP contribution in [0.4, 0.5) is 0 Å². The molecule has 0 radical (unpaired) electrons. The van der Waals surface area contributed by atoms with Crippen LogP contribution in [0, 0.1) is 11.3 Å². The predicted octanol–water partition coefficient (Wildman–Crippen LogP) is 1.53. The highest BCUT2D eigenvalue weighted by molar-refractivity contribution is 4.95. The van der Waals surface area contributed by atoms with Crippen molar-refractivity contribution >= 4 is 0 Å². The van der Waals surface area contributed by atoms with Crippen molar-refractivity contribution in [3.63, 3.8) is 0 Å². The first-order valence-electron chi connectivity index (χ1n) is 5.45. The Kier molecular flexibility index (Phi) is 3.91. The SMILES string of the molecule is CCC(C)(O)CN1CCCCC1C#N. The van der Waals surface area contributed by atoms with Crippen LogP contribution in [0.3, 0.4) is 0 Å². The lowest BCUT2D eigenvalue weighted by atomic mass is 9.97. The molecule has 0 spiro atoms. The molecule has 3 nitrogen and oxygen atoms in total. The van der Waals surface area contributed by atoms with Crippen LogP contribution in [0.2, 0.25) is 0 Å². The maximum atomic E-state index is 9.94. The maximum absolute atomic E-state index is 9.94. The minimum atomic E-state index is -0.646. The molecule has 0 aromatic carbocycles. The van der Waals surface area contributed by atoms with Gasteiger partial charge >= 0.3 is 0 Å². The van der Waals surface area contributed by atoms with Crippen LogP contribution in [0.5, 0.6) is 0 Å². The molecule has 0 bridgehead atoms. The highest BCUT2D eigenvalue weighted by Gasteiger charge is 2.28. The van der Waals surface area contributed by atoms with E-state index in [0.717, 1.165) is 32.2 Å². The summed E-state index contributed by atoms with van der Waals surface area (Å²) in [7, 11) is 0. The zero-order chi connectivity index (χ0) is 10.6. The molecular weight excluding hydrogens is 176 g/mol. The average molecular weight is 196 g/mol. The summed E-state index contributed by atoms with van der Waals surface area (Å²) in [6.45, 7) is 5.40. The normalized spacial score (nSPS) is 28.0. The number of nitrogens with zero attached hydrogens (tertiary/aromatic N) is 2. The summed E-state index contributed by atoms with van der Waals surface area (Å²) in [4.78, 5) is 2.12. The van der Waals surface area contributed by atoms with E-state index in [9.17, 15) is 5.11 Å². The summed E-state index contributed by atoms with van der Waals surface area (Å²) in [5.74, 6) is 0. The second-order valence-corrected chi connectivity index (χ2v) is 4.46. The van der Waals surface area contributed by atoms with Crippen molar-refractivity contribution in [2.24, 2.45) is 0 Å². The van der Waals surface area contributed by atoms with Crippen molar-refractivity contribution in [1.82, 2.24) is 4.90 Å². The van der Waals surface area contributed by atoms with Crippen LogP contribution in [-0.2, 0) is 0 Å². The molecule has 1 aliphatic heterocycles. The molecule has 2 atom stereocenters. The van der Waals surface area contributed by atoms with Gasteiger partial charge in [-0.05, 0) is 39.2 Å². The molecule has 80 valence electrons. The van der Waals surface area contributed by atoms with Gasteiger partial charge in [0.25, 0.3) is 0 Å². The van der Waals surface area contributed by atoms with E-state index in [2.05, 4.69) is 11.0 Å². The molecule has 0 amide bonds. The van der Waals surface area contributed by atoms with Gasteiger partial charge in [0.1, 0.15) is 0 Å². The second-order valence-electron chi connectivity index (χ2n) is 4.46. The van der Waals surface area contributed by atoms with Crippen molar-refractivity contribution in [2.75, 3.05) is 13.1 Å². The fraction of sp³-hybridized carbons (Fsp3) is 0.909. The van der Waals surface area contributed by atoms with Gasteiger partial charge in [-0.15, -0.1) is 0 Å². The Morgan fingerprint density at radius 1 is 1.57 bits per heavy atom. The molecule has 1 N–H and O–H groups in total. The van der Waals surface area contributed by atoms with Gasteiger partial charge in [0.2, 0.25) is 0 Å². The number of hydrogen-bond acceptors (Lipinski definition) is 3. The summed E-state index contributed by atoms with van der Waals surface area (Å²) in [5.41, 5.74) is -0.646. The van der Waals surface area contributed by atoms with Gasteiger partial charge < -0.3 is 5.11 Å². The van der Waals surface area contributed by atoms with E-state index in [0.29, 0.717) is 6.54 Å². The number of β-amino-alcohol motifs (C(OH)–C–C–N with tert-alkyl or cyclic N) is 1. The molecule has 0 saturated carbocycles. The van der Waals surface area contributed by atoms with Gasteiger partial charge in [0.15, 0.2) is 0 Å². The van der Waals surface area contributed by atoms with E-state index < -0.39 is 5.60 Å². The maximum Gasteiger partial charge on any atom is 0.0978 e. The van der Waals surface area contributed by atoms with Crippen molar-refractivity contribution in [3.8, 4) is 6.07 Å². The Morgan fingerprint density at radius 3 is 2.86 bits per heavy atom. The van der Waals surface area contributed by atoms with Gasteiger partial charge in [-0.1, -0.05) is 6.92 Å². The molecule has 0 aliphatic carbocycles. The molecule has 0 aromatic heterocycles. The van der Waals surface area contributed by atoms with Crippen LogP contribution in [0.25, 0.3) is 0 Å². The first-order chi connectivity index (χ1) is 6.59. The van der Waals surface area contributed by atoms with Crippen LogP contribution < -0.4 is 0 Å². The average Bonchev–Trinajstić information content (AvgIpc) is 2.18. The monoisotopic (exact) mass is 196 g/mol. The summed E-state index contributed by atoms with van der Waals surface area (Å²) in [5, 5.41) is 18.9. The van der Waals surface area contributed by atoms with Gasteiger partial charge in [-0.25, -0.2) is 0 Å². The molecule has 1 aliphatic rings. The minimum absolute atomic E-state index is 0.0155. The van der Waals surface area contributed by atoms with Crippen LogP contribution in [-0.4, -0.2) is 34.7 Å². The Labute approximate surface area is 86.3 Å². The fourth-order valence-corrected chi connectivity index (χ4v) is 1.88. The first-order valence-corrected chi connectivity index (χ1v) is 5.45. The highest BCUT2D eigenvalue weighted by Crippen LogP contribution is 2.20. The number of piperidine rings is 1. The standard InChI is InChI=1S/C11H20N2O/c1-3-11(2,14)9-13-7-5-4-6-10(13)8-12/h10,14H,3-7,9H2,1-2H3. The molecule has 14 heavy (non-hydrogen) atoms. The zero-order valence-electron chi connectivity index (χ0n) is 9.16. The fourth-order valence-electron chi connectivity index (χ4n) is 1.88. The summed E-state index contributed by atoms with van der Waals surface area (Å²) >= 11 is 0. The van der Waals surface area contributed by atoms with E-state index in [1.54, 1.807) is 0 Å². The van der Waals surface area contributed by atoms with Gasteiger partial charge in [-0.3, -0.25) is 4.90 Å². The van der Waals surface area contributed by atoms with E-state index in [1.165, 1.54) is 0 Å². The quantitative estimate of drug-likeness (QED) is 0.744. The Balaban J connectivity index is 2.53. The number of hydrogen-bond donors (Lipinski definition) is 1. The summed E-state index contributed by atoms with van der Waals surface area (Å²) in [6, 6.07) is 2.33. The predicted molar refractivity (Wildman–Crippen MR) is 55.7 cm³/mol. The van der Waals surface area contributed by atoms with E-state index in [1.807, 2.05) is 13.8 Å². The van der Waals surface area contributed by atoms with Crippen molar-refractivity contribution in [1.29, 1.82) is 5.26 Å². The van der Waals surface area contributed by atoms with Gasteiger partial charge in [0.05, 0.1) is 17.7 Å². The Hall–Kier alpha value is -0.590. The number of aliphatic hydroxyl groups is 1. The van der Waals surface area contributed by atoms with Crippen molar-refractivity contribution in [3.05, 3.63) is 0 Å². The molecule has 2 unspecified atom stereocenters. The lowest BCUT2D eigenvalue weighted by Crippen LogP contribution is -2.47. The summed E-state index contributed by atoms with van der Waals surface area (Å²) in [6.07, 6.45) is 3.99. The second kappa shape index (κ2) is 4.77. The number of rotatable bonds is 3. The smallest absolute Gasteiger partial charge is 0.0978 e. The number of nitriles is 1. The molecule has 1 rings (SSSR count). The Bertz CT molecular complexity index is 220.